The average molecular weight is 242 g/mol. The highest BCUT2D eigenvalue weighted by molar-refractivity contribution is 5.67. The Hall–Kier alpha value is -2.45. The van der Waals surface area contributed by atoms with Gasteiger partial charge in [-0.3, -0.25) is 20.2 Å². The van der Waals surface area contributed by atoms with Crippen molar-refractivity contribution in [3.8, 4) is 0 Å². The highest BCUT2D eigenvalue weighted by atomic mass is 19.1. The molecule has 0 aromatic heterocycles. The van der Waals surface area contributed by atoms with Crippen LogP contribution in [0.4, 0.5) is 21.5 Å². The zero-order valence-electron chi connectivity index (χ0n) is 8.88. The van der Waals surface area contributed by atoms with Gasteiger partial charge in [0.2, 0.25) is 5.82 Å². The number of benzene rings is 1. The van der Waals surface area contributed by atoms with Gasteiger partial charge in [0.05, 0.1) is 15.9 Å². The highest BCUT2D eigenvalue weighted by Gasteiger charge is 2.28. The molecule has 0 atom stereocenters. The highest BCUT2D eigenvalue weighted by Crippen LogP contribution is 2.37. The fourth-order valence-corrected chi connectivity index (χ4v) is 1.25. The predicted molar refractivity (Wildman–Crippen MR) is 54.9 cm³/mol. The van der Waals surface area contributed by atoms with E-state index >= 15 is 0 Å². The van der Waals surface area contributed by atoms with Gasteiger partial charge in [-0.15, -0.1) is 5.11 Å². The first kappa shape index (κ1) is 12.6. The second kappa shape index (κ2) is 4.60. The Morgan fingerprint density at radius 1 is 1.24 bits per heavy atom. The summed E-state index contributed by atoms with van der Waals surface area (Å²) in [5.41, 5.74) is -2.21. The molecule has 0 heterocycles. The van der Waals surface area contributed by atoms with Gasteiger partial charge in [-0.1, -0.05) is 0 Å². The third-order valence-electron chi connectivity index (χ3n) is 2.02. The molecule has 0 bridgehead atoms. The van der Waals surface area contributed by atoms with Crippen LogP contribution in [0.1, 0.15) is 5.56 Å². The molecule has 1 rings (SSSR count). The summed E-state index contributed by atoms with van der Waals surface area (Å²) in [6.07, 6.45) is 0. The van der Waals surface area contributed by atoms with Gasteiger partial charge in [0, 0.05) is 12.6 Å². The lowest BCUT2D eigenvalue weighted by atomic mass is 10.1. The minimum Gasteiger partial charge on any atom is -0.258 e. The van der Waals surface area contributed by atoms with Crippen LogP contribution < -0.4 is 0 Å². The van der Waals surface area contributed by atoms with Crippen molar-refractivity contribution in [3.05, 3.63) is 37.7 Å². The molecule has 0 amide bonds. The van der Waals surface area contributed by atoms with Gasteiger partial charge >= 0.3 is 11.4 Å². The molecule has 9 heteroatoms. The minimum atomic E-state index is -1.15. The molecule has 1 aromatic carbocycles. The van der Waals surface area contributed by atoms with Crippen molar-refractivity contribution in [1.29, 1.82) is 0 Å². The molecule has 1 aromatic rings. The van der Waals surface area contributed by atoms with Crippen molar-refractivity contribution < 1.29 is 14.2 Å². The summed E-state index contributed by atoms with van der Waals surface area (Å²) in [5, 5.41) is 27.9. The van der Waals surface area contributed by atoms with Crippen LogP contribution in [0.3, 0.4) is 0 Å². The monoisotopic (exact) mass is 242 g/mol. The molecular formula is C8H7FN4O4. The van der Waals surface area contributed by atoms with Gasteiger partial charge in [-0.25, -0.2) is 0 Å². The van der Waals surface area contributed by atoms with Crippen molar-refractivity contribution >= 4 is 17.1 Å². The molecule has 0 spiro atoms. The first-order chi connectivity index (χ1) is 7.90. The van der Waals surface area contributed by atoms with E-state index in [0.717, 1.165) is 0 Å². The Morgan fingerprint density at radius 2 is 1.76 bits per heavy atom. The molecule has 0 N–H and O–H groups in total. The van der Waals surface area contributed by atoms with Crippen LogP contribution in [0, 0.1) is 33.0 Å². The lowest BCUT2D eigenvalue weighted by molar-refractivity contribution is -0.395. The summed E-state index contributed by atoms with van der Waals surface area (Å²) in [6.45, 7) is 1.17. The van der Waals surface area contributed by atoms with Crippen LogP contribution >= 0.6 is 0 Å². The summed E-state index contributed by atoms with van der Waals surface area (Å²) in [4.78, 5) is 19.3. The van der Waals surface area contributed by atoms with Crippen molar-refractivity contribution in [3.63, 3.8) is 0 Å². The molecule has 0 fully saturated rings. The van der Waals surface area contributed by atoms with E-state index in [1.807, 2.05) is 0 Å². The lowest BCUT2D eigenvalue weighted by Gasteiger charge is -2.02. The van der Waals surface area contributed by atoms with E-state index in [0.29, 0.717) is 6.07 Å². The summed E-state index contributed by atoms with van der Waals surface area (Å²) < 4.78 is 13.5. The van der Waals surface area contributed by atoms with E-state index in [4.69, 9.17) is 0 Å². The van der Waals surface area contributed by atoms with Crippen LogP contribution in [0.2, 0.25) is 0 Å². The van der Waals surface area contributed by atoms with Crippen LogP contribution in [0.5, 0.6) is 0 Å². The van der Waals surface area contributed by atoms with Crippen molar-refractivity contribution in [1.82, 2.24) is 0 Å². The first-order valence-corrected chi connectivity index (χ1v) is 4.31. The second-order valence-electron chi connectivity index (χ2n) is 3.02. The molecule has 0 aliphatic rings. The van der Waals surface area contributed by atoms with Gasteiger partial charge in [0.15, 0.2) is 5.69 Å². The van der Waals surface area contributed by atoms with Crippen LogP contribution in [0.15, 0.2) is 16.3 Å². The normalized spacial score (nSPS) is 10.8. The van der Waals surface area contributed by atoms with Crippen LogP contribution in [-0.2, 0) is 0 Å². The fourth-order valence-electron chi connectivity index (χ4n) is 1.25. The van der Waals surface area contributed by atoms with Gasteiger partial charge in [0.1, 0.15) is 0 Å². The minimum absolute atomic E-state index is 0.281. The topological polar surface area (TPSA) is 111 Å². The second-order valence-corrected chi connectivity index (χ2v) is 3.02. The third kappa shape index (κ3) is 2.22. The lowest BCUT2D eigenvalue weighted by Crippen LogP contribution is -1.99. The molecular weight excluding hydrogens is 235 g/mol. The number of rotatable bonds is 3. The van der Waals surface area contributed by atoms with E-state index in [1.54, 1.807) is 0 Å². The molecule has 0 aliphatic carbocycles. The van der Waals surface area contributed by atoms with Crippen molar-refractivity contribution in [2.45, 2.75) is 6.92 Å². The van der Waals surface area contributed by atoms with E-state index in [1.165, 1.54) is 14.0 Å². The Bertz CT molecular complexity index is 529. The smallest absolute Gasteiger partial charge is 0.258 e. The number of nitro benzene ring substituents is 2. The zero-order chi connectivity index (χ0) is 13.2. The fraction of sp³-hybridized carbons (Fsp3) is 0.250. The zero-order valence-corrected chi connectivity index (χ0v) is 8.88. The maximum absolute atomic E-state index is 13.5. The van der Waals surface area contributed by atoms with E-state index in [-0.39, 0.29) is 11.3 Å². The molecule has 0 saturated carbocycles. The van der Waals surface area contributed by atoms with E-state index < -0.39 is 27.0 Å². The molecule has 0 radical (unpaired) electrons. The molecule has 0 aliphatic heterocycles. The SMILES string of the molecule is CN=Nc1c([N+](=O)[O-])cc([N+](=O)[O-])c(F)c1C. The predicted octanol–water partition coefficient (Wildman–Crippen LogP) is 2.66. The van der Waals surface area contributed by atoms with Crippen LogP contribution in [0.25, 0.3) is 0 Å². The summed E-state index contributed by atoms with van der Waals surface area (Å²) in [6, 6.07) is 0.534. The molecule has 17 heavy (non-hydrogen) atoms. The van der Waals surface area contributed by atoms with Gasteiger partial charge in [0.25, 0.3) is 0 Å². The standard InChI is InChI=1S/C8H7FN4O4/c1-4-7(9)5(12(14)15)3-6(13(16)17)8(4)11-10-2/h3H,1-2H3. The molecule has 90 valence electrons. The Labute approximate surface area is 94.1 Å². The third-order valence-corrected chi connectivity index (χ3v) is 2.02. The number of azo groups is 1. The number of hydrogen-bond donors (Lipinski definition) is 0. The summed E-state index contributed by atoms with van der Waals surface area (Å²) in [7, 11) is 1.25. The Kier molecular flexibility index (Phi) is 3.41. The largest absolute Gasteiger partial charge is 0.312 e. The summed E-state index contributed by atoms with van der Waals surface area (Å²) >= 11 is 0. The number of nitrogens with zero attached hydrogens (tertiary/aromatic N) is 4. The Morgan fingerprint density at radius 3 is 2.18 bits per heavy atom. The average Bonchev–Trinajstić information content (AvgIpc) is 2.24. The maximum Gasteiger partial charge on any atom is 0.312 e. The number of hydrogen-bond acceptors (Lipinski definition) is 6. The molecule has 0 saturated heterocycles. The number of nitro groups is 2. The summed E-state index contributed by atoms with van der Waals surface area (Å²) in [5.74, 6) is -1.15. The van der Waals surface area contributed by atoms with Gasteiger partial charge in [-0.2, -0.15) is 9.50 Å². The van der Waals surface area contributed by atoms with Crippen molar-refractivity contribution in [2.24, 2.45) is 10.2 Å². The Balaban J connectivity index is 3.68. The molecule has 0 unspecified atom stereocenters. The van der Waals surface area contributed by atoms with Gasteiger partial charge in [-0.05, 0) is 6.92 Å². The first-order valence-electron chi connectivity index (χ1n) is 4.31. The van der Waals surface area contributed by atoms with Gasteiger partial charge < -0.3 is 0 Å². The van der Waals surface area contributed by atoms with Crippen molar-refractivity contribution in [2.75, 3.05) is 7.05 Å². The quantitative estimate of drug-likeness (QED) is 0.460. The maximum atomic E-state index is 13.5. The van der Waals surface area contributed by atoms with E-state index in [2.05, 4.69) is 10.2 Å². The van der Waals surface area contributed by atoms with E-state index in [9.17, 15) is 24.6 Å². The molecule has 8 nitrogen and oxygen atoms in total. The van der Waals surface area contributed by atoms with Crippen LogP contribution in [-0.4, -0.2) is 16.9 Å². The number of halogens is 1.